The largest absolute Gasteiger partial charge is 0.378 e. The van der Waals surface area contributed by atoms with E-state index < -0.39 is 0 Å². The molecule has 0 bridgehead atoms. The first kappa shape index (κ1) is 13.5. The second-order valence-electron chi connectivity index (χ2n) is 5.14. The number of hydrogen-bond donors (Lipinski definition) is 1. The van der Waals surface area contributed by atoms with E-state index in [-0.39, 0.29) is 0 Å². The minimum atomic E-state index is 0.392. The zero-order valence-corrected chi connectivity index (χ0v) is 11.5. The Balaban J connectivity index is 1.86. The van der Waals surface area contributed by atoms with Gasteiger partial charge in [0.2, 0.25) is 0 Å². The third-order valence-corrected chi connectivity index (χ3v) is 3.74. The van der Waals surface area contributed by atoms with E-state index in [2.05, 4.69) is 22.4 Å². The quantitative estimate of drug-likeness (QED) is 0.869. The summed E-state index contributed by atoms with van der Waals surface area (Å²) in [6, 6.07) is 4.64. The lowest BCUT2D eigenvalue weighted by Crippen LogP contribution is -2.23. The van der Waals surface area contributed by atoms with Gasteiger partial charge in [0.15, 0.2) is 0 Å². The highest BCUT2D eigenvalue weighted by molar-refractivity contribution is 5.17. The van der Waals surface area contributed by atoms with Crippen LogP contribution in [0.15, 0.2) is 18.3 Å². The van der Waals surface area contributed by atoms with Crippen LogP contribution in [0, 0.1) is 6.92 Å². The first-order chi connectivity index (χ1) is 8.79. The molecule has 18 heavy (non-hydrogen) atoms. The van der Waals surface area contributed by atoms with E-state index in [9.17, 15) is 0 Å². The molecule has 1 fully saturated rings. The Hall–Kier alpha value is -0.930. The van der Waals surface area contributed by atoms with Gasteiger partial charge in [-0.1, -0.05) is 6.07 Å². The molecule has 0 radical (unpaired) electrons. The van der Waals surface area contributed by atoms with Crippen molar-refractivity contribution < 1.29 is 4.74 Å². The third kappa shape index (κ3) is 3.79. The van der Waals surface area contributed by atoms with Crippen LogP contribution in [0.25, 0.3) is 0 Å². The monoisotopic (exact) mass is 248 g/mol. The summed E-state index contributed by atoms with van der Waals surface area (Å²) in [5.74, 6) is 0. The second-order valence-corrected chi connectivity index (χ2v) is 5.14. The highest BCUT2D eigenvalue weighted by Crippen LogP contribution is 2.23. The maximum absolute atomic E-state index is 5.78. The number of ether oxygens (including phenoxy) is 1. The molecule has 1 N–H and O–H groups in total. The van der Waals surface area contributed by atoms with Crippen molar-refractivity contribution >= 4 is 0 Å². The molecule has 2 heterocycles. The molecule has 1 aromatic rings. The maximum Gasteiger partial charge on any atom is 0.0575 e. The lowest BCUT2D eigenvalue weighted by Gasteiger charge is -2.25. The van der Waals surface area contributed by atoms with Crippen LogP contribution in [-0.2, 0) is 4.74 Å². The molecule has 0 amide bonds. The first-order valence-corrected chi connectivity index (χ1v) is 7.01. The van der Waals surface area contributed by atoms with Gasteiger partial charge in [0.25, 0.3) is 0 Å². The Morgan fingerprint density at radius 3 is 2.94 bits per heavy atom. The van der Waals surface area contributed by atoms with E-state index in [4.69, 9.17) is 4.74 Å². The van der Waals surface area contributed by atoms with Crippen molar-refractivity contribution in [3.63, 3.8) is 0 Å². The molecule has 1 aromatic heterocycles. The predicted molar refractivity (Wildman–Crippen MR) is 73.6 cm³/mol. The summed E-state index contributed by atoms with van der Waals surface area (Å²) in [6.07, 6.45) is 8.48. The average molecular weight is 248 g/mol. The van der Waals surface area contributed by atoms with Crippen molar-refractivity contribution in [2.75, 3.05) is 13.7 Å². The van der Waals surface area contributed by atoms with Crippen LogP contribution in [0.2, 0.25) is 0 Å². The Morgan fingerprint density at radius 2 is 2.33 bits per heavy atom. The molecule has 0 aromatic carbocycles. The fourth-order valence-corrected chi connectivity index (χ4v) is 2.55. The third-order valence-electron chi connectivity index (χ3n) is 3.74. The molecule has 1 aliphatic heterocycles. The van der Waals surface area contributed by atoms with Gasteiger partial charge in [-0.2, -0.15) is 0 Å². The summed E-state index contributed by atoms with van der Waals surface area (Å²) in [7, 11) is 2.02. The number of hydrogen-bond acceptors (Lipinski definition) is 3. The number of nitrogens with zero attached hydrogens (tertiary/aromatic N) is 1. The summed E-state index contributed by atoms with van der Waals surface area (Å²) in [5, 5.41) is 3.38. The van der Waals surface area contributed by atoms with Gasteiger partial charge in [0.05, 0.1) is 6.10 Å². The van der Waals surface area contributed by atoms with Crippen LogP contribution in [0.3, 0.4) is 0 Å². The Labute approximate surface area is 110 Å². The first-order valence-electron chi connectivity index (χ1n) is 7.01. The van der Waals surface area contributed by atoms with Crippen LogP contribution in [0.5, 0.6) is 0 Å². The van der Waals surface area contributed by atoms with Crippen LogP contribution in [-0.4, -0.2) is 24.7 Å². The topological polar surface area (TPSA) is 34.1 Å². The molecule has 0 saturated carbocycles. The zero-order chi connectivity index (χ0) is 12.8. The Morgan fingerprint density at radius 1 is 1.44 bits per heavy atom. The van der Waals surface area contributed by atoms with Crippen molar-refractivity contribution in [3.05, 3.63) is 29.6 Å². The number of nitrogens with one attached hydrogen (secondary N) is 1. The lowest BCUT2D eigenvalue weighted by molar-refractivity contribution is 0.00865. The molecular formula is C15H24N2O. The fraction of sp³-hybridized carbons (Fsp3) is 0.667. The van der Waals surface area contributed by atoms with Gasteiger partial charge < -0.3 is 10.1 Å². The Bertz CT molecular complexity index is 344. The van der Waals surface area contributed by atoms with Crippen molar-refractivity contribution in [1.29, 1.82) is 0 Å². The van der Waals surface area contributed by atoms with E-state index in [1.807, 2.05) is 20.2 Å². The minimum absolute atomic E-state index is 0.392. The van der Waals surface area contributed by atoms with Gasteiger partial charge >= 0.3 is 0 Å². The Kier molecular flexibility index (Phi) is 5.14. The second kappa shape index (κ2) is 6.86. The average Bonchev–Trinajstić information content (AvgIpc) is 2.42. The van der Waals surface area contributed by atoms with Gasteiger partial charge in [-0.25, -0.2) is 0 Å². The van der Waals surface area contributed by atoms with Crippen molar-refractivity contribution in [1.82, 2.24) is 10.3 Å². The molecule has 3 nitrogen and oxygen atoms in total. The summed E-state index contributed by atoms with van der Waals surface area (Å²) in [5.41, 5.74) is 2.35. The molecule has 2 unspecified atom stereocenters. The van der Waals surface area contributed by atoms with Crippen LogP contribution in [0.4, 0.5) is 0 Å². The summed E-state index contributed by atoms with van der Waals surface area (Å²) in [6.45, 7) is 2.97. The van der Waals surface area contributed by atoms with E-state index in [1.165, 1.54) is 24.8 Å². The molecule has 1 aliphatic rings. The number of pyridine rings is 1. The van der Waals surface area contributed by atoms with Crippen molar-refractivity contribution in [3.8, 4) is 0 Å². The number of aromatic nitrogens is 1. The molecule has 1 saturated heterocycles. The predicted octanol–water partition coefficient (Wildman–Crippen LogP) is 3.00. The highest BCUT2D eigenvalue weighted by atomic mass is 16.5. The fourth-order valence-electron chi connectivity index (χ4n) is 2.55. The minimum Gasteiger partial charge on any atom is -0.378 e. The standard InChI is InChI=1S/C15H24N2O/c1-12-6-7-13(11-17-12)15(16-2)9-8-14-5-3-4-10-18-14/h6-7,11,14-16H,3-5,8-10H2,1-2H3. The number of rotatable bonds is 5. The zero-order valence-electron chi connectivity index (χ0n) is 11.5. The van der Waals surface area contributed by atoms with E-state index in [0.717, 1.165) is 25.1 Å². The van der Waals surface area contributed by atoms with E-state index in [0.29, 0.717) is 12.1 Å². The van der Waals surface area contributed by atoms with Gasteiger partial charge in [0, 0.05) is 24.5 Å². The highest BCUT2D eigenvalue weighted by Gasteiger charge is 2.17. The molecule has 2 rings (SSSR count). The molecular weight excluding hydrogens is 224 g/mol. The van der Waals surface area contributed by atoms with Crippen LogP contribution >= 0.6 is 0 Å². The van der Waals surface area contributed by atoms with Gasteiger partial charge in [-0.15, -0.1) is 0 Å². The van der Waals surface area contributed by atoms with Gasteiger partial charge in [0.1, 0.15) is 0 Å². The van der Waals surface area contributed by atoms with Crippen molar-refractivity contribution in [2.24, 2.45) is 0 Å². The SMILES string of the molecule is CNC(CCC1CCCCO1)c1ccc(C)nc1. The normalized spacial score (nSPS) is 21.8. The number of aryl methyl sites for hydroxylation is 1. The summed E-state index contributed by atoms with van der Waals surface area (Å²) < 4.78 is 5.78. The van der Waals surface area contributed by atoms with Crippen LogP contribution < -0.4 is 5.32 Å². The summed E-state index contributed by atoms with van der Waals surface area (Å²) >= 11 is 0. The molecule has 2 atom stereocenters. The molecule has 100 valence electrons. The van der Waals surface area contributed by atoms with Crippen molar-refractivity contribution in [2.45, 2.75) is 51.2 Å². The van der Waals surface area contributed by atoms with Gasteiger partial charge in [-0.05, 0) is 57.7 Å². The summed E-state index contributed by atoms with van der Waals surface area (Å²) in [4.78, 5) is 4.37. The molecule has 3 heteroatoms. The lowest BCUT2D eigenvalue weighted by atomic mass is 9.98. The molecule has 0 spiro atoms. The molecule has 0 aliphatic carbocycles. The van der Waals surface area contributed by atoms with Gasteiger partial charge in [-0.3, -0.25) is 4.98 Å². The van der Waals surface area contributed by atoms with Crippen LogP contribution in [0.1, 0.15) is 49.4 Å². The smallest absolute Gasteiger partial charge is 0.0575 e. The van der Waals surface area contributed by atoms with E-state index >= 15 is 0 Å². The maximum atomic E-state index is 5.78. The van der Waals surface area contributed by atoms with E-state index in [1.54, 1.807) is 0 Å².